The van der Waals surface area contributed by atoms with Crippen LogP contribution in [0.3, 0.4) is 0 Å². The smallest absolute Gasteiger partial charge is 0.405 e. The van der Waals surface area contributed by atoms with E-state index in [4.69, 9.17) is 9.47 Å². The third kappa shape index (κ3) is 5.86. The van der Waals surface area contributed by atoms with Crippen molar-refractivity contribution in [2.75, 3.05) is 26.1 Å². The molecule has 0 atom stereocenters. The van der Waals surface area contributed by atoms with E-state index in [1.54, 1.807) is 12.2 Å². The molecule has 29 heavy (non-hydrogen) atoms. The Bertz CT molecular complexity index is 907. The van der Waals surface area contributed by atoms with E-state index in [-0.39, 0.29) is 16.8 Å². The minimum Gasteiger partial charge on any atom is -0.495 e. The maximum atomic E-state index is 12.7. The number of hydrogen-bond donors (Lipinski definition) is 2. The summed E-state index contributed by atoms with van der Waals surface area (Å²) in [6, 6.07) is 7.21. The maximum Gasteiger partial charge on any atom is 0.405 e. The molecule has 0 bridgehead atoms. The van der Waals surface area contributed by atoms with Crippen molar-refractivity contribution in [3.05, 3.63) is 51.5 Å². The number of hydrogen-bond acceptors (Lipinski definition) is 4. The Morgan fingerprint density at radius 2 is 1.59 bits per heavy atom. The molecular weight excluding hydrogens is 457 g/mol. The van der Waals surface area contributed by atoms with Crippen molar-refractivity contribution in [3.63, 3.8) is 0 Å². The first-order valence-corrected chi connectivity index (χ1v) is 9.03. The van der Waals surface area contributed by atoms with Crippen LogP contribution in [-0.2, 0) is 0 Å². The second kappa shape index (κ2) is 9.17. The Labute approximate surface area is 173 Å². The van der Waals surface area contributed by atoms with Gasteiger partial charge in [-0.05, 0) is 52.7 Å². The fourth-order valence-corrected chi connectivity index (χ4v) is 2.93. The lowest BCUT2D eigenvalue weighted by Gasteiger charge is -2.14. The van der Waals surface area contributed by atoms with E-state index >= 15 is 0 Å². The first-order valence-electron chi connectivity index (χ1n) is 8.24. The number of halogens is 4. The topological polar surface area (TPSA) is 76.7 Å². The molecule has 0 fully saturated rings. The molecule has 0 heterocycles. The molecule has 2 aromatic rings. The Balaban J connectivity index is 2.26. The molecule has 0 aliphatic rings. The van der Waals surface area contributed by atoms with Crippen LogP contribution >= 0.6 is 15.9 Å². The van der Waals surface area contributed by atoms with Gasteiger partial charge in [-0.25, -0.2) is 0 Å². The van der Waals surface area contributed by atoms with Gasteiger partial charge in [-0.3, -0.25) is 9.59 Å². The van der Waals surface area contributed by atoms with E-state index in [1.807, 2.05) is 0 Å². The summed E-state index contributed by atoms with van der Waals surface area (Å²) in [5, 5.41) is 4.44. The highest BCUT2D eigenvalue weighted by Gasteiger charge is 2.28. The third-order valence-corrected chi connectivity index (χ3v) is 4.69. The minimum atomic E-state index is -4.52. The van der Waals surface area contributed by atoms with Crippen LogP contribution < -0.4 is 20.1 Å². The van der Waals surface area contributed by atoms with Gasteiger partial charge in [0.1, 0.15) is 22.5 Å². The number of rotatable bonds is 6. The van der Waals surface area contributed by atoms with Crippen LogP contribution in [0.15, 0.2) is 34.8 Å². The van der Waals surface area contributed by atoms with Crippen LogP contribution in [0.1, 0.15) is 26.3 Å². The molecule has 10 heteroatoms. The predicted octanol–water partition coefficient (Wildman–Crippen LogP) is 4.32. The maximum absolute atomic E-state index is 12.7. The molecule has 0 radical (unpaired) electrons. The van der Waals surface area contributed by atoms with E-state index in [1.165, 1.54) is 44.6 Å². The number of benzene rings is 2. The lowest BCUT2D eigenvalue weighted by atomic mass is 10.1. The molecule has 0 saturated heterocycles. The molecular formula is C19H18BrF3N2O4. The van der Waals surface area contributed by atoms with Gasteiger partial charge in [-0.2, -0.15) is 13.2 Å². The summed E-state index contributed by atoms with van der Waals surface area (Å²) in [6.45, 7) is 0.246. The van der Waals surface area contributed by atoms with E-state index in [9.17, 15) is 22.8 Å². The van der Waals surface area contributed by atoms with Crippen LogP contribution in [0.5, 0.6) is 11.5 Å². The molecule has 0 aromatic heterocycles. The van der Waals surface area contributed by atoms with E-state index in [2.05, 4.69) is 21.2 Å². The molecule has 0 spiro atoms. The molecule has 0 aliphatic heterocycles. The van der Waals surface area contributed by atoms with Crippen molar-refractivity contribution >= 4 is 33.4 Å². The third-order valence-electron chi connectivity index (χ3n) is 3.91. The zero-order valence-corrected chi connectivity index (χ0v) is 17.3. The largest absolute Gasteiger partial charge is 0.495 e. The zero-order valence-electron chi connectivity index (χ0n) is 15.7. The summed E-state index contributed by atoms with van der Waals surface area (Å²) >= 11 is 3.31. The van der Waals surface area contributed by atoms with Crippen LogP contribution in [0, 0.1) is 6.92 Å². The number of amides is 2. The molecule has 2 N–H and O–H groups in total. The molecule has 0 unspecified atom stereocenters. The molecule has 156 valence electrons. The van der Waals surface area contributed by atoms with Crippen LogP contribution in [0.2, 0.25) is 0 Å². The fraction of sp³-hybridized carbons (Fsp3) is 0.263. The van der Waals surface area contributed by atoms with Crippen molar-refractivity contribution in [2.24, 2.45) is 0 Å². The second-order valence-corrected chi connectivity index (χ2v) is 6.77. The number of carbonyl (C=O) groups is 2. The van der Waals surface area contributed by atoms with Crippen LogP contribution in [0.4, 0.5) is 18.9 Å². The highest BCUT2D eigenvalue weighted by molar-refractivity contribution is 9.10. The molecule has 2 amide bonds. The van der Waals surface area contributed by atoms with Gasteiger partial charge in [0, 0.05) is 16.8 Å². The Kier molecular flexibility index (Phi) is 7.12. The van der Waals surface area contributed by atoms with Crippen molar-refractivity contribution in [3.8, 4) is 11.5 Å². The first-order chi connectivity index (χ1) is 13.6. The number of ether oxygens (including phenoxy) is 2. The number of methoxy groups -OCH3 is 2. The van der Waals surface area contributed by atoms with Gasteiger partial charge in [-0.15, -0.1) is 0 Å². The lowest BCUT2D eigenvalue weighted by molar-refractivity contribution is -0.123. The zero-order chi connectivity index (χ0) is 21.8. The predicted molar refractivity (Wildman–Crippen MR) is 105 cm³/mol. The molecule has 0 saturated carbocycles. The minimum absolute atomic E-state index is 0.0129. The van der Waals surface area contributed by atoms with Gasteiger partial charge in [0.2, 0.25) is 0 Å². The summed E-state index contributed by atoms with van der Waals surface area (Å²) < 4.78 is 47.8. The van der Waals surface area contributed by atoms with Crippen LogP contribution in [-0.4, -0.2) is 38.8 Å². The van der Waals surface area contributed by atoms with Crippen LogP contribution in [0.25, 0.3) is 0 Å². The summed E-state index contributed by atoms with van der Waals surface area (Å²) in [5.74, 6) is -0.646. The Morgan fingerprint density at radius 1 is 1.00 bits per heavy atom. The van der Waals surface area contributed by atoms with Gasteiger partial charge in [0.05, 0.1) is 14.2 Å². The summed E-state index contributed by atoms with van der Waals surface area (Å²) in [7, 11) is 2.88. The highest BCUT2D eigenvalue weighted by Crippen LogP contribution is 2.35. The monoisotopic (exact) mass is 474 g/mol. The second-order valence-electron chi connectivity index (χ2n) is 5.98. The summed E-state index contributed by atoms with van der Waals surface area (Å²) in [4.78, 5) is 24.6. The van der Waals surface area contributed by atoms with E-state index in [0.717, 1.165) is 0 Å². The molecule has 2 rings (SSSR count). The number of alkyl halides is 3. The highest BCUT2D eigenvalue weighted by atomic mass is 79.9. The van der Waals surface area contributed by atoms with Gasteiger partial charge in [0.15, 0.2) is 0 Å². The van der Waals surface area contributed by atoms with Crippen molar-refractivity contribution in [2.45, 2.75) is 13.1 Å². The average Bonchev–Trinajstić information content (AvgIpc) is 2.67. The number of nitrogens with one attached hydrogen (secondary N) is 2. The Hall–Kier alpha value is -2.75. The SMILES string of the molecule is COc1cc(C(=O)Nc2cc(C(=O)NCC(F)(F)F)ccc2C)cc(OC)c1Br. The normalized spacial score (nSPS) is 11.0. The van der Waals surface area contributed by atoms with Gasteiger partial charge < -0.3 is 20.1 Å². The van der Waals surface area contributed by atoms with Gasteiger partial charge >= 0.3 is 6.18 Å². The van der Waals surface area contributed by atoms with Crippen molar-refractivity contribution in [1.29, 1.82) is 0 Å². The van der Waals surface area contributed by atoms with Crippen molar-refractivity contribution < 1.29 is 32.2 Å². The van der Waals surface area contributed by atoms with E-state index in [0.29, 0.717) is 21.5 Å². The van der Waals surface area contributed by atoms with Gasteiger partial charge in [0.25, 0.3) is 11.8 Å². The first kappa shape index (κ1) is 22.5. The Morgan fingerprint density at radius 3 is 2.10 bits per heavy atom. The molecule has 0 aliphatic carbocycles. The lowest BCUT2D eigenvalue weighted by Crippen LogP contribution is -2.33. The van der Waals surface area contributed by atoms with Crippen molar-refractivity contribution in [1.82, 2.24) is 5.32 Å². The number of carbonyl (C=O) groups excluding carboxylic acids is 2. The average molecular weight is 475 g/mol. The number of aryl methyl sites for hydroxylation is 1. The quantitative estimate of drug-likeness (QED) is 0.653. The fourth-order valence-electron chi connectivity index (χ4n) is 2.38. The summed E-state index contributed by atoms with van der Waals surface area (Å²) in [5.41, 5.74) is 1.13. The van der Waals surface area contributed by atoms with E-state index < -0.39 is 24.5 Å². The molecule has 2 aromatic carbocycles. The van der Waals surface area contributed by atoms with Gasteiger partial charge in [-0.1, -0.05) is 6.07 Å². The number of anilines is 1. The molecule has 6 nitrogen and oxygen atoms in total. The standard InChI is InChI=1S/C19H18BrF3N2O4/c1-10-4-5-11(17(26)24-9-19(21,22)23)6-13(10)25-18(27)12-7-14(28-2)16(20)15(8-12)29-3/h4-8H,9H2,1-3H3,(H,24,26)(H,25,27). The summed E-state index contributed by atoms with van der Waals surface area (Å²) in [6.07, 6.45) is -4.52.